The van der Waals surface area contributed by atoms with Gasteiger partial charge in [-0.05, 0) is 49.1 Å². The molecule has 126 valence electrons. The smallest absolute Gasteiger partial charge is 0.227 e. The van der Waals surface area contributed by atoms with E-state index in [1.165, 1.54) is 6.42 Å². The van der Waals surface area contributed by atoms with Gasteiger partial charge in [0.05, 0.1) is 12.7 Å². The van der Waals surface area contributed by atoms with Crippen molar-refractivity contribution in [2.75, 3.05) is 0 Å². The van der Waals surface area contributed by atoms with E-state index in [-0.39, 0.29) is 24.6 Å². The molecular weight excluding hydrogens is 324 g/mol. The highest BCUT2D eigenvalue weighted by molar-refractivity contribution is 5.85. The lowest BCUT2D eigenvalue weighted by atomic mass is 10.1. The van der Waals surface area contributed by atoms with Crippen LogP contribution < -0.4 is 5.73 Å². The number of fused-ring (bicyclic) bond motifs is 1. The minimum atomic E-state index is 0. The Labute approximate surface area is 147 Å². The van der Waals surface area contributed by atoms with E-state index >= 15 is 0 Å². The Morgan fingerprint density at radius 3 is 2.58 bits per heavy atom. The number of para-hydroxylation sites is 2. The Morgan fingerprint density at radius 2 is 1.88 bits per heavy atom. The Balaban J connectivity index is 0.00000169. The standard InChI is InChI=1S/C19H20N2O2.ClH/c20-15-4-3-7-17(15)22-12-13-8-10-14(11-9-13)19-21-16-5-1-2-6-18(16)23-19;/h1-2,5-6,8-11,15,17H,3-4,7,12,20H2;1H/t15-,17-;/m1./s1. The van der Waals surface area contributed by atoms with Crippen LogP contribution in [-0.4, -0.2) is 17.1 Å². The maximum absolute atomic E-state index is 6.03. The van der Waals surface area contributed by atoms with E-state index in [2.05, 4.69) is 17.1 Å². The van der Waals surface area contributed by atoms with Crippen molar-refractivity contribution < 1.29 is 9.15 Å². The van der Waals surface area contributed by atoms with Crippen molar-refractivity contribution in [3.63, 3.8) is 0 Å². The third-order valence-electron chi connectivity index (χ3n) is 4.46. The first-order valence-corrected chi connectivity index (χ1v) is 8.12. The van der Waals surface area contributed by atoms with Gasteiger partial charge in [-0.25, -0.2) is 4.98 Å². The second kappa shape index (κ2) is 7.34. The zero-order valence-corrected chi connectivity index (χ0v) is 14.2. The van der Waals surface area contributed by atoms with Crippen molar-refractivity contribution in [3.05, 3.63) is 54.1 Å². The van der Waals surface area contributed by atoms with Crippen LogP contribution >= 0.6 is 12.4 Å². The second-order valence-electron chi connectivity index (χ2n) is 6.13. The summed E-state index contributed by atoms with van der Waals surface area (Å²) in [5.41, 5.74) is 9.84. The molecule has 0 aliphatic heterocycles. The number of hydrogen-bond acceptors (Lipinski definition) is 4. The van der Waals surface area contributed by atoms with Gasteiger partial charge in [0.15, 0.2) is 5.58 Å². The molecule has 1 aromatic heterocycles. The summed E-state index contributed by atoms with van der Waals surface area (Å²) < 4.78 is 11.7. The molecule has 5 heteroatoms. The van der Waals surface area contributed by atoms with Gasteiger partial charge in [0.25, 0.3) is 0 Å². The summed E-state index contributed by atoms with van der Waals surface area (Å²) in [6.45, 7) is 0.603. The van der Waals surface area contributed by atoms with Crippen molar-refractivity contribution >= 4 is 23.5 Å². The predicted octanol–water partition coefficient (Wildman–Crippen LogP) is 4.31. The molecule has 4 rings (SSSR count). The summed E-state index contributed by atoms with van der Waals surface area (Å²) in [7, 11) is 0. The molecule has 2 atom stereocenters. The van der Waals surface area contributed by atoms with Crippen LogP contribution in [0.4, 0.5) is 0 Å². The Kier molecular flexibility index (Phi) is 5.19. The highest BCUT2D eigenvalue weighted by Gasteiger charge is 2.24. The fourth-order valence-electron chi connectivity index (χ4n) is 3.10. The molecule has 0 bridgehead atoms. The van der Waals surface area contributed by atoms with Crippen LogP contribution in [0.3, 0.4) is 0 Å². The van der Waals surface area contributed by atoms with Gasteiger partial charge in [-0.2, -0.15) is 0 Å². The van der Waals surface area contributed by atoms with Gasteiger partial charge in [-0.15, -0.1) is 12.4 Å². The van der Waals surface area contributed by atoms with E-state index in [0.29, 0.717) is 12.5 Å². The maximum Gasteiger partial charge on any atom is 0.227 e. The molecule has 1 aliphatic rings. The van der Waals surface area contributed by atoms with Crippen molar-refractivity contribution in [2.45, 2.75) is 38.0 Å². The molecule has 3 aromatic rings. The zero-order valence-electron chi connectivity index (χ0n) is 13.4. The largest absolute Gasteiger partial charge is 0.436 e. The molecule has 0 saturated heterocycles. The minimum absolute atomic E-state index is 0. The third-order valence-corrected chi connectivity index (χ3v) is 4.46. The normalized spacial score (nSPS) is 20.2. The number of oxazole rings is 1. The van der Waals surface area contributed by atoms with Crippen LogP contribution in [0, 0.1) is 0 Å². The van der Waals surface area contributed by atoms with Crippen LogP contribution in [-0.2, 0) is 11.3 Å². The molecule has 1 aliphatic carbocycles. The summed E-state index contributed by atoms with van der Waals surface area (Å²) in [5, 5.41) is 0. The molecule has 0 unspecified atom stereocenters. The van der Waals surface area contributed by atoms with E-state index in [9.17, 15) is 0 Å². The lowest BCUT2D eigenvalue weighted by Crippen LogP contribution is -2.31. The summed E-state index contributed by atoms with van der Waals surface area (Å²) in [4.78, 5) is 4.52. The molecule has 24 heavy (non-hydrogen) atoms. The van der Waals surface area contributed by atoms with Crippen LogP contribution in [0.5, 0.6) is 0 Å². The highest BCUT2D eigenvalue weighted by Crippen LogP contribution is 2.25. The van der Waals surface area contributed by atoms with Gasteiger partial charge < -0.3 is 14.9 Å². The summed E-state index contributed by atoms with van der Waals surface area (Å²) in [6, 6.07) is 16.2. The van der Waals surface area contributed by atoms with Gasteiger partial charge >= 0.3 is 0 Å². The van der Waals surface area contributed by atoms with Crippen LogP contribution in [0.15, 0.2) is 52.9 Å². The van der Waals surface area contributed by atoms with Crippen molar-refractivity contribution in [2.24, 2.45) is 5.73 Å². The van der Waals surface area contributed by atoms with E-state index in [0.717, 1.165) is 35.1 Å². The molecule has 1 saturated carbocycles. The molecule has 4 nitrogen and oxygen atoms in total. The first kappa shape index (κ1) is 17.0. The number of nitrogens with zero attached hydrogens (tertiary/aromatic N) is 1. The average molecular weight is 345 g/mol. The third kappa shape index (κ3) is 3.46. The van der Waals surface area contributed by atoms with E-state index in [4.69, 9.17) is 14.9 Å². The highest BCUT2D eigenvalue weighted by atomic mass is 35.5. The van der Waals surface area contributed by atoms with Crippen molar-refractivity contribution in [3.8, 4) is 11.5 Å². The molecule has 2 N–H and O–H groups in total. The average Bonchev–Trinajstić information content (AvgIpc) is 3.19. The zero-order chi connectivity index (χ0) is 15.6. The SMILES string of the molecule is Cl.N[C@@H]1CCC[C@H]1OCc1ccc(-c2nc3ccccc3o2)cc1. The van der Waals surface area contributed by atoms with Crippen LogP contribution in [0.1, 0.15) is 24.8 Å². The number of halogens is 1. The molecule has 0 radical (unpaired) electrons. The van der Waals surface area contributed by atoms with Gasteiger partial charge in [-0.3, -0.25) is 0 Å². The quantitative estimate of drug-likeness (QED) is 0.766. The molecule has 1 heterocycles. The summed E-state index contributed by atoms with van der Waals surface area (Å²) in [5.74, 6) is 0.650. The second-order valence-corrected chi connectivity index (χ2v) is 6.13. The van der Waals surface area contributed by atoms with Gasteiger partial charge in [0.2, 0.25) is 5.89 Å². The number of hydrogen-bond donors (Lipinski definition) is 1. The van der Waals surface area contributed by atoms with E-state index < -0.39 is 0 Å². The summed E-state index contributed by atoms with van der Waals surface area (Å²) in [6.07, 6.45) is 3.51. The van der Waals surface area contributed by atoms with Gasteiger partial charge in [-0.1, -0.05) is 24.3 Å². The number of ether oxygens (including phenoxy) is 1. The predicted molar refractivity (Wildman–Crippen MR) is 97.1 cm³/mol. The first-order valence-electron chi connectivity index (χ1n) is 8.12. The van der Waals surface area contributed by atoms with Gasteiger partial charge in [0, 0.05) is 11.6 Å². The molecule has 2 aromatic carbocycles. The fraction of sp³-hybridized carbons (Fsp3) is 0.316. The number of nitrogens with two attached hydrogens (primary N) is 1. The summed E-state index contributed by atoms with van der Waals surface area (Å²) >= 11 is 0. The molecule has 0 amide bonds. The number of aromatic nitrogens is 1. The van der Waals surface area contributed by atoms with Crippen LogP contribution in [0.25, 0.3) is 22.6 Å². The Morgan fingerprint density at radius 1 is 1.08 bits per heavy atom. The Hall–Kier alpha value is -1.88. The fourth-order valence-corrected chi connectivity index (χ4v) is 3.10. The van der Waals surface area contributed by atoms with Gasteiger partial charge in [0.1, 0.15) is 5.52 Å². The number of rotatable bonds is 4. The topological polar surface area (TPSA) is 61.3 Å². The Bertz CT molecular complexity index is 767. The molecule has 0 spiro atoms. The minimum Gasteiger partial charge on any atom is -0.436 e. The maximum atomic E-state index is 6.03. The lowest BCUT2D eigenvalue weighted by Gasteiger charge is -2.16. The monoisotopic (exact) mass is 344 g/mol. The first-order chi connectivity index (χ1) is 11.3. The van der Waals surface area contributed by atoms with Crippen LogP contribution in [0.2, 0.25) is 0 Å². The van der Waals surface area contributed by atoms with Crippen molar-refractivity contribution in [1.82, 2.24) is 4.98 Å². The van der Waals surface area contributed by atoms with Crippen molar-refractivity contribution in [1.29, 1.82) is 0 Å². The lowest BCUT2D eigenvalue weighted by molar-refractivity contribution is 0.0357. The van der Waals surface area contributed by atoms with E-state index in [1.54, 1.807) is 0 Å². The molecular formula is C19H21ClN2O2. The number of benzene rings is 2. The van der Waals surface area contributed by atoms with E-state index in [1.807, 2.05) is 36.4 Å². The molecule has 1 fully saturated rings.